The van der Waals surface area contributed by atoms with Gasteiger partial charge in [-0.2, -0.15) is 0 Å². The van der Waals surface area contributed by atoms with E-state index in [9.17, 15) is 5.11 Å². The zero-order chi connectivity index (χ0) is 39.2. The molecule has 296 valence electrons. The van der Waals surface area contributed by atoms with E-state index in [-0.39, 0.29) is 47.3 Å². The first kappa shape index (κ1) is 39.5. The Balaban J connectivity index is 0.000000167. The SMILES string of the molecule is CC[C@]12CO[C@@H](C1O[Si](C)(C)C(C)(C)C)[C@H](n1cnc3c(C)ncnc31)O2.Cc1ncnc2c1ncn2[C@@H]1O[C@@]2(CO)CO[C@H]1C2O[Si](C)(C)C(C)(C)C. The van der Waals surface area contributed by atoms with E-state index in [1.807, 2.05) is 23.0 Å². The van der Waals surface area contributed by atoms with Gasteiger partial charge in [-0.1, -0.05) is 48.5 Å². The number of hydrogen-bond donors (Lipinski definition) is 1. The Hall–Kier alpha value is -2.75. The van der Waals surface area contributed by atoms with Crippen molar-refractivity contribution in [1.29, 1.82) is 0 Å². The highest BCUT2D eigenvalue weighted by Gasteiger charge is 2.65. The van der Waals surface area contributed by atoms with Gasteiger partial charge in [-0.3, -0.25) is 9.13 Å². The third-order valence-electron chi connectivity index (χ3n) is 12.9. The van der Waals surface area contributed by atoms with Crippen molar-refractivity contribution in [3.8, 4) is 0 Å². The average Bonchev–Trinajstić information content (AvgIpc) is 3.95. The lowest BCUT2D eigenvalue weighted by atomic mass is 9.96. The fraction of sp³-hybridized carbons (Fsp3) is 0.730. The Morgan fingerprint density at radius 2 is 1.11 bits per heavy atom. The summed E-state index contributed by atoms with van der Waals surface area (Å²) in [4.78, 5) is 26.2. The van der Waals surface area contributed by atoms with E-state index < -0.39 is 34.1 Å². The van der Waals surface area contributed by atoms with Crippen LogP contribution >= 0.6 is 0 Å². The summed E-state index contributed by atoms with van der Waals surface area (Å²) in [7, 11) is -4.04. The van der Waals surface area contributed by atoms with Crippen molar-refractivity contribution in [1.82, 2.24) is 39.0 Å². The van der Waals surface area contributed by atoms with E-state index >= 15 is 0 Å². The number of fused-ring (bicyclic) bond motifs is 6. The summed E-state index contributed by atoms with van der Waals surface area (Å²) < 4.78 is 42.6. The number of hydrogen-bond acceptors (Lipinski definition) is 13. The number of aromatic nitrogens is 8. The van der Waals surface area contributed by atoms with E-state index in [1.165, 1.54) is 6.33 Å². The maximum absolute atomic E-state index is 10.2. The zero-order valence-corrected chi connectivity index (χ0v) is 36.1. The summed E-state index contributed by atoms with van der Waals surface area (Å²) in [6, 6.07) is 0. The van der Waals surface area contributed by atoms with Gasteiger partial charge in [0.2, 0.25) is 0 Å². The average molecular weight is 783 g/mol. The van der Waals surface area contributed by atoms with Crippen LogP contribution < -0.4 is 0 Å². The normalized spacial score (nSPS) is 31.1. The highest BCUT2D eigenvalue weighted by atomic mass is 28.4. The van der Waals surface area contributed by atoms with Gasteiger partial charge in [0.05, 0.1) is 43.9 Å². The maximum Gasteiger partial charge on any atom is 0.192 e. The van der Waals surface area contributed by atoms with E-state index in [0.717, 1.165) is 34.5 Å². The minimum atomic E-state index is -2.08. The third-order valence-corrected chi connectivity index (χ3v) is 21.8. The lowest BCUT2D eigenvalue weighted by Crippen LogP contribution is -2.52. The minimum Gasteiger partial charge on any atom is -0.408 e. The molecule has 0 amide bonds. The molecule has 0 saturated carbocycles. The Kier molecular flexibility index (Phi) is 9.83. The summed E-state index contributed by atoms with van der Waals surface area (Å²) in [6.07, 6.45) is 5.82. The van der Waals surface area contributed by atoms with Gasteiger partial charge in [0.1, 0.15) is 59.3 Å². The van der Waals surface area contributed by atoms with Crippen LogP contribution in [0.15, 0.2) is 25.3 Å². The molecular formula is C37H58N8O7Si2. The number of imidazole rings is 2. The predicted octanol–water partition coefficient (Wildman–Crippen LogP) is 5.79. The molecular weight excluding hydrogens is 725 g/mol. The van der Waals surface area contributed by atoms with Crippen LogP contribution in [-0.4, -0.2) is 116 Å². The molecule has 4 aromatic heterocycles. The van der Waals surface area contributed by atoms with Crippen LogP contribution in [0.2, 0.25) is 36.3 Å². The number of ether oxygens (including phenoxy) is 4. The van der Waals surface area contributed by atoms with Crippen molar-refractivity contribution in [2.45, 2.75) is 153 Å². The molecule has 4 bridgehead atoms. The molecule has 15 nitrogen and oxygen atoms in total. The van der Waals surface area contributed by atoms with Crippen molar-refractivity contribution >= 4 is 39.0 Å². The van der Waals surface area contributed by atoms with Crippen molar-refractivity contribution in [2.24, 2.45) is 0 Å². The number of nitrogens with zero attached hydrogens (tertiary/aromatic N) is 8. The monoisotopic (exact) mass is 782 g/mol. The molecule has 4 aromatic rings. The number of rotatable bonds is 8. The molecule has 0 aromatic carbocycles. The summed E-state index contributed by atoms with van der Waals surface area (Å²) in [5.74, 6) is 0. The van der Waals surface area contributed by atoms with Crippen molar-refractivity contribution in [3.63, 3.8) is 0 Å². The quantitative estimate of drug-likeness (QED) is 0.214. The molecule has 54 heavy (non-hydrogen) atoms. The van der Waals surface area contributed by atoms with Crippen molar-refractivity contribution < 1.29 is 32.9 Å². The molecule has 8 heterocycles. The summed E-state index contributed by atoms with van der Waals surface area (Å²) in [5, 5.41) is 10.3. The van der Waals surface area contributed by atoms with E-state index in [0.29, 0.717) is 18.9 Å². The summed E-state index contributed by atoms with van der Waals surface area (Å²) >= 11 is 0. The second-order valence-electron chi connectivity index (χ2n) is 18.4. The molecule has 0 spiro atoms. The molecule has 4 aliphatic heterocycles. The standard InChI is InChI=1S/C19H30N4O3Si.C18H28N4O4Si/c1-8-19-9-24-14(15(19)26-27(6,7)18(3,4)5)17(25-19)23-11-22-13-12(2)20-10-21-16(13)23;1-11-12-15(20-9-19-11)22(10-21-12)16-13-14(18(7-23,25-16)8-24-13)26-27(5,6)17(2,3)4/h10-11,14-15,17H,8-9H2,1-7H3;9-10,13-14,16,23H,7-8H2,1-6H3/t14-,15?,17+,19-;13-,14?,16+,18-/m00/s1. The fourth-order valence-electron chi connectivity index (χ4n) is 7.33. The summed E-state index contributed by atoms with van der Waals surface area (Å²) in [6.45, 7) is 29.1. The lowest BCUT2D eigenvalue weighted by Gasteiger charge is -2.40. The van der Waals surface area contributed by atoms with Gasteiger partial charge in [0.25, 0.3) is 0 Å². The van der Waals surface area contributed by atoms with Crippen LogP contribution in [-0.2, 0) is 27.8 Å². The van der Waals surface area contributed by atoms with Gasteiger partial charge < -0.3 is 32.9 Å². The first-order valence-corrected chi connectivity index (χ1v) is 24.8. The summed E-state index contributed by atoms with van der Waals surface area (Å²) in [5.41, 5.74) is 3.42. The highest BCUT2D eigenvalue weighted by molar-refractivity contribution is 6.74. The second-order valence-corrected chi connectivity index (χ2v) is 27.9. The zero-order valence-electron chi connectivity index (χ0n) is 34.1. The second kappa shape index (κ2) is 13.4. The molecule has 4 saturated heterocycles. The Morgan fingerprint density at radius 3 is 1.52 bits per heavy atom. The van der Waals surface area contributed by atoms with Crippen LogP contribution in [0.3, 0.4) is 0 Å². The maximum atomic E-state index is 10.2. The lowest BCUT2D eigenvalue weighted by molar-refractivity contribution is -0.185. The van der Waals surface area contributed by atoms with E-state index in [1.54, 1.807) is 19.0 Å². The fourth-order valence-corrected chi connectivity index (χ4v) is 10.0. The van der Waals surface area contributed by atoms with Crippen LogP contribution in [0.25, 0.3) is 22.3 Å². The van der Waals surface area contributed by atoms with Crippen LogP contribution in [0.4, 0.5) is 0 Å². The smallest absolute Gasteiger partial charge is 0.192 e. The largest absolute Gasteiger partial charge is 0.408 e. The number of aliphatic hydroxyl groups is 1. The van der Waals surface area contributed by atoms with Gasteiger partial charge in [-0.15, -0.1) is 0 Å². The van der Waals surface area contributed by atoms with Crippen LogP contribution in [0, 0.1) is 13.8 Å². The Labute approximate surface area is 319 Å². The molecule has 2 unspecified atom stereocenters. The van der Waals surface area contributed by atoms with Crippen molar-refractivity contribution in [2.75, 3.05) is 19.8 Å². The highest BCUT2D eigenvalue weighted by Crippen LogP contribution is 2.52. The molecule has 1 N–H and O–H groups in total. The van der Waals surface area contributed by atoms with Gasteiger partial charge in [-0.25, -0.2) is 29.9 Å². The molecule has 4 aliphatic rings. The molecule has 4 fully saturated rings. The van der Waals surface area contributed by atoms with Crippen LogP contribution in [0.5, 0.6) is 0 Å². The van der Waals surface area contributed by atoms with Gasteiger partial charge >= 0.3 is 0 Å². The molecule has 8 atom stereocenters. The van der Waals surface area contributed by atoms with Gasteiger partial charge in [-0.05, 0) is 56.5 Å². The Bertz CT molecular complexity index is 1870. The van der Waals surface area contributed by atoms with Gasteiger partial charge in [0.15, 0.2) is 40.4 Å². The molecule has 17 heteroatoms. The topological polar surface area (TPSA) is 163 Å². The Morgan fingerprint density at radius 1 is 0.704 bits per heavy atom. The minimum absolute atomic E-state index is 0.0488. The van der Waals surface area contributed by atoms with Crippen molar-refractivity contribution in [3.05, 3.63) is 36.7 Å². The third kappa shape index (κ3) is 6.27. The first-order valence-electron chi connectivity index (χ1n) is 19.0. The predicted molar refractivity (Wildman–Crippen MR) is 207 cm³/mol. The number of aliphatic hydroxyl groups excluding tert-OH is 1. The van der Waals surface area contributed by atoms with Crippen LogP contribution in [0.1, 0.15) is 78.7 Å². The molecule has 0 radical (unpaired) electrons. The molecule has 0 aliphatic carbocycles. The first-order chi connectivity index (χ1) is 25.2. The van der Waals surface area contributed by atoms with E-state index in [2.05, 4.69) is 105 Å². The number of aryl methyl sites for hydroxylation is 2. The van der Waals surface area contributed by atoms with Gasteiger partial charge in [0, 0.05) is 0 Å². The van der Waals surface area contributed by atoms with E-state index in [4.69, 9.17) is 27.8 Å². The molecule has 8 rings (SSSR count).